The highest BCUT2D eigenvalue weighted by molar-refractivity contribution is 6.30. The van der Waals surface area contributed by atoms with Gasteiger partial charge in [0, 0.05) is 0 Å². The molecule has 0 aliphatic rings. The molecule has 1 aromatic carbocycles. The minimum Gasteiger partial charge on any atom is -0.432 e. The van der Waals surface area contributed by atoms with Gasteiger partial charge in [0.15, 0.2) is 17.4 Å². The van der Waals surface area contributed by atoms with Crippen LogP contribution in [0.1, 0.15) is 0 Å². The Labute approximate surface area is 94.7 Å². The highest BCUT2D eigenvalue weighted by atomic mass is 28.2. The zero-order valence-corrected chi connectivity index (χ0v) is 9.64. The second-order valence-corrected chi connectivity index (χ2v) is 4.41. The summed E-state index contributed by atoms with van der Waals surface area (Å²) in [5.74, 6) is -6.38. The van der Waals surface area contributed by atoms with E-state index in [1.807, 2.05) is 0 Å². The van der Waals surface area contributed by atoms with Gasteiger partial charge in [-0.3, -0.25) is 0 Å². The van der Waals surface area contributed by atoms with Crippen LogP contribution in [0.3, 0.4) is 0 Å². The van der Waals surface area contributed by atoms with Crippen LogP contribution >= 0.6 is 0 Å². The van der Waals surface area contributed by atoms with Crippen LogP contribution in [-0.2, 0) is 4.43 Å². The summed E-state index contributed by atoms with van der Waals surface area (Å²) in [6, 6.07) is 0.993. The van der Waals surface area contributed by atoms with Crippen molar-refractivity contribution in [3.05, 3.63) is 29.6 Å². The van der Waals surface area contributed by atoms with E-state index < -0.39 is 45.5 Å². The number of ether oxygens (including phenoxy) is 1. The van der Waals surface area contributed by atoms with E-state index in [9.17, 15) is 22.0 Å². The number of hydrogen-bond donors (Lipinski definition) is 1. The maximum absolute atomic E-state index is 13.0. The second-order valence-electron chi connectivity index (χ2n) is 2.89. The summed E-state index contributed by atoms with van der Waals surface area (Å²) in [5.41, 5.74) is -3.84. The summed E-state index contributed by atoms with van der Waals surface area (Å²) < 4.78 is 72.0. The Bertz CT molecular complexity index is 401. The monoisotopic (exact) mass is 274 g/mol. The molecule has 0 saturated heterocycles. The third-order valence-electron chi connectivity index (χ3n) is 1.62. The maximum atomic E-state index is 13.0. The fourth-order valence-corrected chi connectivity index (χ4v) is 1.49. The average Bonchev–Trinajstić information content (AvgIpc) is 2.27. The van der Waals surface area contributed by atoms with E-state index in [-0.39, 0.29) is 0 Å². The number of halogens is 5. The van der Waals surface area contributed by atoms with Crippen molar-refractivity contribution in [2.24, 2.45) is 0 Å². The zero-order chi connectivity index (χ0) is 13.1. The van der Waals surface area contributed by atoms with Gasteiger partial charge >= 0.3 is 5.73 Å². The Kier molecular flexibility index (Phi) is 4.43. The summed E-state index contributed by atoms with van der Waals surface area (Å²) in [7, 11) is -2.63. The third kappa shape index (κ3) is 3.65. The second kappa shape index (κ2) is 5.43. The Morgan fingerprint density at radius 2 is 1.82 bits per heavy atom. The largest absolute Gasteiger partial charge is 0.432 e. The van der Waals surface area contributed by atoms with Crippen molar-refractivity contribution >= 4 is 9.76 Å². The Hall–Kier alpha value is -1.19. The summed E-state index contributed by atoms with van der Waals surface area (Å²) in [6.07, 6.45) is 0. The van der Waals surface area contributed by atoms with E-state index in [1.165, 1.54) is 0 Å². The smallest absolute Gasteiger partial charge is 0.388 e. The van der Waals surface area contributed by atoms with Gasteiger partial charge < -0.3 is 14.3 Å². The molecule has 0 spiro atoms. The fraction of sp³-hybridized carbons (Fsp3) is 0.250. The fourth-order valence-electron chi connectivity index (χ4n) is 0.942. The van der Waals surface area contributed by atoms with E-state index in [0.29, 0.717) is 12.1 Å². The molecular formula is C8H7F5O3Si. The molecule has 17 heavy (non-hydrogen) atoms. The number of aliphatic hydroxyl groups is 1. The minimum atomic E-state index is -3.84. The van der Waals surface area contributed by atoms with Crippen LogP contribution in [0.4, 0.5) is 22.0 Å². The van der Waals surface area contributed by atoms with Crippen LogP contribution in [0.5, 0.6) is 5.75 Å². The lowest BCUT2D eigenvalue weighted by atomic mass is 10.3. The van der Waals surface area contributed by atoms with Crippen molar-refractivity contribution in [3.63, 3.8) is 0 Å². The van der Waals surface area contributed by atoms with Crippen molar-refractivity contribution in [3.8, 4) is 5.75 Å². The van der Waals surface area contributed by atoms with Gasteiger partial charge in [-0.15, -0.1) is 0 Å². The molecule has 0 bridgehead atoms. The first-order valence-corrected chi connectivity index (χ1v) is 5.55. The molecule has 1 aromatic rings. The zero-order valence-electron chi connectivity index (χ0n) is 8.22. The predicted octanol–water partition coefficient (Wildman–Crippen LogP) is 1.08. The molecule has 0 fully saturated rings. The van der Waals surface area contributed by atoms with Crippen molar-refractivity contribution in [2.75, 3.05) is 6.79 Å². The summed E-state index contributed by atoms with van der Waals surface area (Å²) >= 11 is 0. The van der Waals surface area contributed by atoms with E-state index in [0.717, 1.165) is 0 Å². The molecule has 3 nitrogen and oxygen atoms in total. The first-order valence-electron chi connectivity index (χ1n) is 4.26. The van der Waals surface area contributed by atoms with Crippen LogP contribution in [0.25, 0.3) is 0 Å². The summed E-state index contributed by atoms with van der Waals surface area (Å²) in [4.78, 5) is 0. The lowest BCUT2D eigenvalue weighted by Crippen LogP contribution is -2.34. The van der Waals surface area contributed by atoms with Crippen molar-refractivity contribution in [1.82, 2.24) is 0 Å². The Morgan fingerprint density at radius 1 is 1.18 bits per heavy atom. The van der Waals surface area contributed by atoms with E-state index in [4.69, 9.17) is 5.11 Å². The molecule has 0 amide bonds. The van der Waals surface area contributed by atoms with Crippen molar-refractivity contribution < 1.29 is 36.2 Å². The maximum Gasteiger partial charge on any atom is 0.388 e. The number of aliphatic hydroxyl groups excluding tert-OH is 1. The molecule has 1 N–H and O–H groups in total. The van der Waals surface area contributed by atoms with Gasteiger partial charge in [-0.05, 0) is 12.1 Å². The lowest BCUT2D eigenvalue weighted by molar-refractivity contribution is -0.117. The first kappa shape index (κ1) is 13.9. The quantitative estimate of drug-likeness (QED) is 0.378. The number of rotatable bonds is 5. The van der Waals surface area contributed by atoms with Crippen molar-refractivity contribution in [1.29, 1.82) is 0 Å². The van der Waals surface area contributed by atoms with Gasteiger partial charge in [0.2, 0.25) is 5.82 Å². The molecule has 96 valence electrons. The molecule has 0 heterocycles. The summed E-state index contributed by atoms with van der Waals surface area (Å²) in [6.45, 7) is -0.925. The van der Waals surface area contributed by atoms with Crippen LogP contribution in [-0.4, -0.2) is 27.4 Å². The van der Waals surface area contributed by atoms with Crippen LogP contribution in [0, 0.1) is 17.5 Å². The molecule has 1 rings (SSSR count). The van der Waals surface area contributed by atoms with Crippen molar-refractivity contribution in [2.45, 2.75) is 5.73 Å². The Morgan fingerprint density at radius 3 is 2.41 bits per heavy atom. The molecule has 0 radical (unpaired) electrons. The number of hydrogen-bond acceptors (Lipinski definition) is 3. The van der Waals surface area contributed by atoms with E-state index in [2.05, 4.69) is 9.16 Å². The SMILES string of the molecule is OCO[SiH2]C(F)(F)Oc1ccc(F)c(F)c1F. The molecule has 0 atom stereocenters. The predicted molar refractivity (Wildman–Crippen MR) is 48.6 cm³/mol. The Balaban J connectivity index is 2.84. The topological polar surface area (TPSA) is 38.7 Å². The first-order chi connectivity index (χ1) is 7.87. The van der Waals surface area contributed by atoms with Crippen LogP contribution < -0.4 is 4.74 Å². The normalized spacial score (nSPS) is 12.4. The van der Waals surface area contributed by atoms with Gasteiger partial charge in [-0.2, -0.15) is 13.2 Å². The third-order valence-corrected chi connectivity index (χ3v) is 2.49. The van der Waals surface area contributed by atoms with Gasteiger partial charge in [0.25, 0.3) is 9.76 Å². The highest BCUT2D eigenvalue weighted by Gasteiger charge is 2.34. The van der Waals surface area contributed by atoms with Gasteiger partial charge in [-0.25, -0.2) is 8.78 Å². The van der Waals surface area contributed by atoms with E-state index in [1.54, 1.807) is 0 Å². The average molecular weight is 274 g/mol. The summed E-state index contributed by atoms with van der Waals surface area (Å²) in [5, 5.41) is 8.17. The molecule has 0 aromatic heterocycles. The molecule has 0 unspecified atom stereocenters. The van der Waals surface area contributed by atoms with E-state index >= 15 is 0 Å². The number of alkyl halides is 2. The number of benzene rings is 1. The molecule has 0 aliphatic heterocycles. The molecule has 0 saturated carbocycles. The lowest BCUT2D eigenvalue weighted by Gasteiger charge is -2.17. The molecular weight excluding hydrogens is 267 g/mol. The van der Waals surface area contributed by atoms with Gasteiger partial charge in [0.1, 0.15) is 6.79 Å². The molecule has 0 aliphatic carbocycles. The van der Waals surface area contributed by atoms with Gasteiger partial charge in [-0.1, -0.05) is 0 Å². The minimum absolute atomic E-state index is 0.457. The van der Waals surface area contributed by atoms with Crippen LogP contribution in [0.2, 0.25) is 0 Å². The van der Waals surface area contributed by atoms with Crippen LogP contribution in [0.15, 0.2) is 12.1 Å². The standard InChI is InChI=1S/C8H7F5O3Si/c9-4-1-2-5(7(11)6(4)10)16-8(12,13)17-15-3-14/h1-2,14H,3,17H2. The van der Waals surface area contributed by atoms with Gasteiger partial charge in [0.05, 0.1) is 0 Å². The molecule has 9 heteroatoms. The highest BCUT2D eigenvalue weighted by Crippen LogP contribution is 2.26.